The van der Waals surface area contributed by atoms with Crippen LogP contribution in [0.15, 0.2) is 54.7 Å². The van der Waals surface area contributed by atoms with Crippen LogP contribution in [0.4, 0.5) is 10.5 Å². The van der Waals surface area contributed by atoms with Gasteiger partial charge in [-0.15, -0.1) is 0 Å². The van der Waals surface area contributed by atoms with E-state index in [1.807, 2.05) is 50.4 Å². The van der Waals surface area contributed by atoms with Gasteiger partial charge in [-0.1, -0.05) is 44.2 Å². The summed E-state index contributed by atoms with van der Waals surface area (Å²) in [6, 6.07) is 14.1. The van der Waals surface area contributed by atoms with Gasteiger partial charge in [-0.2, -0.15) is 0 Å². The molecule has 0 unspecified atom stereocenters. The van der Waals surface area contributed by atoms with Gasteiger partial charge in [0.25, 0.3) is 0 Å². The quantitative estimate of drug-likeness (QED) is 0.522. The van der Waals surface area contributed by atoms with E-state index in [4.69, 9.17) is 9.47 Å². The van der Waals surface area contributed by atoms with E-state index in [1.54, 1.807) is 18.2 Å². The molecule has 0 aliphatic heterocycles. The van der Waals surface area contributed by atoms with Crippen molar-refractivity contribution in [2.45, 2.75) is 26.3 Å². The first kappa shape index (κ1) is 21.2. The number of hydrogen-bond acceptors (Lipinski definition) is 4. The van der Waals surface area contributed by atoms with Crippen LogP contribution in [-0.4, -0.2) is 36.7 Å². The summed E-state index contributed by atoms with van der Waals surface area (Å²) in [5.74, 6) is 0.385. The molecule has 0 spiro atoms. The van der Waals surface area contributed by atoms with E-state index >= 15 is 0 Å². The van der Waals surface area contributed by atoms with Crippen LogP contribution >= 0.6 is 0 Å². The molecule has 0 saturated carbocycles. The molecule has 1 atom stereocenters. The number of rotatable bonds is 8. The second kappa shape index (κ2) is 9.82. The highest BCUT2D eigenvalue weighted by Crippen LogP contribution is 2.24. The smallest absolute Gasteiger partial charge is 0.407 e. The summed E-state index contributed by atoms with van der Waals surface area (Å²) in [6.07, 6.45) is 1.54. The van der Waals surface area contributed by atoms with Crippen molar-refractivity contribution in [3.63, 3.8) is 0 Å². The summed E-state index contributed by atoms with van der Waals surface area (Å²) in [4.78, 5) is 28.6. The molecule has 1 aromatic heterocycles. The predicted molar refractivity (Wildman–Crippen MR) is 117 cm³/mol. The van der Waals surface area contributed by atoms with E-state index in [-0.39, 0.29) is 18.4 Å². The summed E-state index contributed by atoms with van der Waals surface area (Å²) >= 11 is 0. The Labute approximate surface area is 175 Å². The monoisotopic (exact) mass is 409 g/mol. The lowest BCUT2D eigenvalue weighted by molar-refractivity contribution is -0.118. The predicted octanol–water partition coefficient (Wildman–Crippen LogP) is 4.11. The van der Waals surface area contributed by atoms with Crippen molar-refractivity contribution in [2.75, 3.05) is 19.0 Å². The van der Waals surface area contributed by atoms with Gasteiger partial charge in [0, 0.05) is 23.5 Å². The minimum atomic E-state index is -0.825. The zero-order valence-electron chi connectivity index (χ0n) is 17.4. The van der Waals surface area contributed by atoms with Gasteiger partial charge in [-0.25, -0.2) is 4.79 Å². The van der Waals surface area contributed by atoms with Gasteiger partial charge >= 0.3 is 6.09 Å². The Morgan fingerprint density at radius 3 is 2.57 bits per heavy atom. The SMILES string of the molecule is COc1ccccc1NC(=O)[C@H](Cc1c[nH]c2ccccc12)NC(=O)OCC(C)C. The van der Waals surface area contributed by atoms with Gasteiger partial charge < -0.3 is 25.1 Å². The minimum absolute atomic E-state index is 0.199. The molecule has 1 heterocycles. The number of anilines is 1. The number of aromatic amines is 1. The van der Waals surface area contributed by atoms with Crippen LogP contribution in [-0.2, 0) is 16.0 Å². The van der Waals surface area contributed by atoms with E-state index in [0.29, 0.717) is 17.9 Å². The number of H-pyrrole nitrogens is 1. The minimum Gasteiger partial charge on any atom is -0.495 e. The van der Waals surface area contributed by atoms with Gasteiger partial charge in [-0.3, -0.25) is 4.79 Å². The Morgan fingerprint density at radius 1 is 1.07 bits per heavy atom. The van der Waals surface area contributed by atoms with Gasteiger partial charge in [0.2, 0.25) is 5.91 Å². The van der Waals surface area contributed by atoms with Crippen molar-refractivity contribution < 1.29 is 19.1 Å². The van der Waals surface area contributed by atoms with Crippen LogP contribution in [0.3, 0.4) is 0 Å². The molecule has 0 radical (unpaired) electrons. The molecule has 7 nitrogen and oxygen atoms in total. The molecular weight excluding hydrogens is 382 g/mol. The average Bonchev–Trinajstić information content (AvgIpc) is 3.15. The van der Waals surface area contributed by atoms with Crippen LogP contribution in [0.2, 0.25) is 0 Å². The number of ether oxygens (including phenoxy) is 2. The molecule has 3 rings (SSSR count). The molecular formula is C23H27N3O4. The number of amides is 2. The van der Waals surface area contributed by atoms with Crippen LogP contribution in [0.25, 0.3) is 10.9 Å². The molecule has 3 aromatic rings. The lowest BCUT2D eigenvalue weighted by atomic mass is 10.0. The fourth-order valence-corrected chi connectivity index (χ4v) is 3.12. The first-order valence-corrected chi connectivity index (χ1v) is 9.90. The second-order valence-corrected chi connectivity index (χ2v) is 7.44. The summed E-state index contributed by atoms with van der Waals surface area (Å²) < 4.78 is 10.5. The van der Waals surface area contributed by atoms with E-state index in [2.05, 4.69) is 15.6 Å². The molecule has 0 saturated heterocycles. The van der Waals surface area contributed by atoms with Crippen molar-refractivity contribution >= 4 is 28.6 Å². The van der Waals surface area contributed by atoms with Crippen molar-refractivity contribution in [1.82, 2.24) is 10.3 Å². The maximum Gasteiger partial charge on any atom is 0.407 e. The summed E-state index contributed by atoms with van der Waals surface area (Å²) in [6.45, 7) is 4.18. The number of nitrogens with one attached hydrogen (secondary N) is 3. The summed E-state index contributed by atoms with van der Waals surface area (Å²) in [5, 5.41) is 6.56. The topological polar surface area (TPSA) is 92.5 Å². The fourth-order valence-electron chi connectivity index (χ4n) is 3.12. The third-order valence-electron chi connectivity index (χ3n) is 4.62. The number of methoxy groups -OCH3 is 1. The second-order valence-electron chi connectivity index (χ2n) is 7.44. The molecule has 0 fully saturated rings. The number of carbonyl (C=O) groups excluding carboxylic acids is 2. The summed E-state index contributed by atoms with van der Waals surface area (Å²) in [7, 11) is 1.54. The Balaban J connectivity index is 1.81. The zero-order chi connectivity index (χ0) is 21.5. The molecule has 0 aliphatic rings. The zero-order valence-corrected chi connectivity index (χ0v) is 17.4. The Morgan fingerprint density at radius 2 is 1.80 bits per heavy atom. The van der Waals surface area contributed by atoms with E-state index in [9.17, 15) is 9.59 Å². The van der Waals surface area contributed by atoms with Crippen LogP contribution in [0, 0.1) is 5.92 Å². The van der Waals surface area contributed by atoms with Gasteiger partial charge in [0.1, 0.15) is 11.8 Å². The number of carbonyl (C=O) groups is 2. The number of para-hydroxylation sites is 3. The van der Waals surface area contributed by atoms with Crippen LogP contribution < -0.4 is 15.4 Å². The number of aromatic nitrogens is 1. The van der Waals surface area contributed by atoms with Gasteiger partial charge in [0.05, 0.1) is 19.4 Å². The molecule has 3 N–H and O–H groups in total. The van der Waals surface area contributed by atoms with Crippen LogP contribution in [0.1, 0.15) is 19.4 Å². The lowest BCUT2D eigenvalue weighted by Crippen LogP contribution is -2.45. The highest BCUT2D eigenvalue weighted by atomic mass is 16.5. The Kier molecular flexibility index (Phi) is 6.95. The first-order valence-electron chi connectivity index (χ1n) is 9.90. The number of benzene rings is 2. The molecule has 30 heavy (non-hydrogen) atoms. The molecule has 0 aliphatic carbocycles. The van der Waals surface area contributed by atoms with Crippen molar-refractivity contribution in [1.29, 1.82) is 0 Å². The molecule has 2 amide bonds. The van der Waals surface area contributed by atoms with Crippen LogP contribution in [0.5, 0.6) is 5.75 Å². The van der Waals surface area contributed by atoms with E-state index in [0.717, 1.165) is 16.5 Å². The summed E-state index contributed by atoms with van der Waals surface area (Å²) in [5.41, 5.74) is 2.43. The average molecular weight is 409 g/mol. The van der Waals surface area contributed by atoms with Gasteiger partial charge in [0.15, 0.2) is 0 Å². The van der Waals surface area contributed by atoms with Crippen molar-refractivity contribution in [3.05, 3.63) is 60.3 Å². The fraction of sp³-hybridized carbons (Fsp3) is 0.304. The third kappa shape index (κ3) is 5.31. The van der Waals surface area contributed by atoms with E-state index < -0.39 is 12.1 Å². The molecule has 7 heteroatoms. The highest BCUT2D eigenvalue weighted by Gasteiger charge is 2.24. The number of fused-ring (bicyclic) bond motifs is 1. The third-order valence-corrected chi connectivity index (χ3v) is 4.62. The van der Waals surface area contributed by atoms with E-state index in [1.165, 1.54) is 7.11 Å². The molecule has 2 aromatic carbocycles. The Bertz CT molecular complexity index is 1010. The molecule has 158 valence electrons. The normalized spacial score (nSPS) is 11.9. The molecule has 0 bridgehead atoms. The standard InChI is InChI=1S/C23H27N3O4/c1-15(2)14-30-23(28)26-20(12-16-13-24-18-9-5-4-8-17(16)18)22(27)25-19-10-6-7-11-21(19)29-3/h4-11,13,15,20,24H,12,14H2,1-3H3,(H,25,27)(H,26,28)/t20-/m0/s1. The largest absolute Gasteiger partial charge is 0.495 e. The maximum atomic E-state index is 13.1. The highest BCUT2D eigenvalue weighted by molar-refractivity contribution is 5.98. The Hall–Kier alpha value is -3.48. The number of alkyl carbamates (subject to hydrolysis) is 1. The number of hydrogen-bond donors (Lipinski definition) is 3. The van der Waals surface area contributed by atoms with Gasteiger partial charge in [-0.05, 0) is 29.7 Å². The maximum absolute atomic E-state index is 13.1. The lowest BCUT2D eigenvalue weighted by Gasteiger charge is -2.19. The van der Waals surface area contributed by atoms with Crippen molar-refractivity contribution in [2.24, 2.45) is 5.92 Å². The van der Waals surface area contributed by atoms with Crippen molar-refractivity contribution in [3.8, 4) is 5.75 Å². The first-order chi connectivity index (χ1) is 14.5.